The van der Waals surface area contributed by atoms with Crippen LogP contribution in [-0.2, 0) is 11.3 Å². The van der Waals surface area contributed by atoms with E-state index in [1.807, 2.05) is 42.6 Å². The van der Waals surface area contributed by atoms with Crippen LogP contribution in [0.3, 0.4) is 0 Å². The monoisotopic (exact) mass is 380 g/mol. The third-order valence-electron chi connectivity index (χ3n) is 4.47. The first-order valence-corrected chi connectivity index (χ1v) is 9.54. The number of nitrogens with zero attached hydrogens (tertiary/aromatic N) is 4. The second-order valence-electron chi connectivity index (χ2n) is 6.41. The van der Waals surface area contributed by atoms with Gasteiger partial charge in [-0.15, -0.1) is 11.3 Å². The molecule has 0 radical (unpaired) electrons. The molecule has 0 fully saturated rings. The number of carbonyl (C=O) groups excluding carboxylic acids is 1. The van der Waals surface area contributed by atoms with Gasteiger partial charge in [-0.2, -0.15) is 5.26 Å². The minimum absolute atomic E-state index is 0.0960. The number of fused-ring (bicyclic) bond motifs is 1. The average molecular weight is 380 g/mol. The number of rotatable bonds is 6. The third kappa shape index (κ3) is 4.07. The lowest BCUT2D eigenvalue weighted by molar-refractivity contribution is -0.130. The topological polar surface area (TPSA) is 79.0 Å². The molecule has 0 saturated heterocycles. The van der Waals surface area contributed by atoms with Crippen LogP contribution in [-0.4, -0.2) is 34.0 Å². The maximum absolute atomic E-state index is 13.0. The fourth-order valence-corrected chi connectivity index (χ4v) is 3.73. The van der Waals surface area contributed by atoms with E-state index in [1.54, 1.807) is 7.05 Å². The summed E-state index contributed by atoms with van der Waals surface area (Å²) in [5.41, 5.74) is 2.88. The Morgan fingerprint density at radius 2 is 2.07 bits per heavy atom. The molecule has 0 unspecified atom stereocenters. The molecule has 0 aliphatic rings. The molecule has 3 rings (SSSR count). The highest BCUT2D eigenvalue weighted by Crippen LogP contribution is 2.30. The first kappa shape index (κ1) is 18.8. The van der Waals surface area contributed by atoms with E-state index < -0.39 is 0 Å². The molecule has 0 atom stereocenters. The maximum Gasteiger partial charge on any atom is 0.262 e. The number of nitriles is 1. The number of hydrogen-bond donors (Lipinski definition) is 0. The number of aryl methyl sites for hydroxylation is 2. The minimum Gasteiger partial charge on any atom is -0.345 e. The highest BCUT2D eigenvalue weighted by atomic mass is 32.1. The molecule has 138 valence electrons. The van der Waals surface area contributed by atoms with E-state index in [9.17, 15) is 9.59 Å². The van der Waals surface area contributed by atoms with Gasteiger partial charge >= 0.3 is 0 Å². The summed E-state index contributed by atoms with van der Waals surface area (Å²) in [4.78, 5) is 31.7. The summed E-state index contributed by atoms with van der Waals surface area (Å²) in [7, 11) is 1.66. The average Bonchev–Trinajstić information content (AvgIpc) is 3.10. The third-order valence-corrected chi connectivity index (χ3v) is 5.36. The Kier molecular flexibility index (Phi) is 5.67. The molecule has 2 aromatic heterocycles. The number of aromatic nitrogens is 2. The fraction of sp³-hybridized carbons (Fsp3) is 0.300. The quantitative estimate of drug-likeness (QED) is 0.658. The van der Waals surface area contributed by atoms with Gasteiger partial charge in [0, 0.05) is 37.5 Å². The van der Waals surface area contributed by atoms with Crippen LogP contribution in [0.15, 0.2) is 40.8 Å². The molecule has 0 aliphatic carbocycles. The van der Waals surface area contributed by atoms with Crippen LogP contribution in [0.2, 0.25) is 0 Å². The van der Waals surface area contributed by atoms with Gasteiger partial charge in [0.1, 0.15) is 4.83 Å². The lowest BCUT2D eigenvalue weighted by Crippen LogP contribution is -2.30. The van der Waals surface area contributed by atoms with Crippen LogP contribution in [0.4, 0.5) is 0 Å². The SMILES string of the molecule is Cc1ccc(-c2csc3ncn(CCC(=O)N(C)CCC#N)c(=O)c23)cc1. The number of thiophene rings is 1. The second kappa shape index (κ2) is 8.14. The van der Waals surface area contributed by atoms with Crippen molar-refractivity contribution < 1.29 is 4.79 Å². The summed E-state index contributed by atoms with van der Waals surface area (Å²) >= 11 is 1.44. The molecular weight excluding hydrogens is 360 g/mol. The molecule has 3 aromatic rings. The Bertz CT molecular complexity index is 1060. The van der Waals surface area contributed by atoms with E-state index in [-0.39, 0.29) is 24.4 Å². The van der Waals surface area contributed by atoms with Crippen LogP contribution < -0.4 is 5.56 Å². The Morgan fingerprint density at radius 3 is 2.78 bits per heavy atom. The Morgan fingerprint density at radius 1 is 1.33 bits per heavy atom. The maximum atomic E-state index is 13.0. The smallest absolute Gasteiger partial charge is 0.262 e. The van der Waals surface area contributed by atoms with Crippen molar-refractivity contribution in [2.75, 3.05) is 13.6 Å². The van der Waals surface area contributed by atoms with Crippen molar-refractivity contribution in [3.05, 3.63) is 51.9 Å². The zero-order valence-corrected chi connectivity index (χ0v) is 16.1. The Labute approximate surface area is 161 Å². The van der Waals surface area contributed by atoms with Crippen molar-refractivity contribution >= 4 is 27.5 Å². The Balaban J connectivity index is 1.86. The molecule has 27 heavy (non-hydrogen) atoms. The first-order chi connectivity index (χ1) is 13.0. The molecule has 1 aromatic carbocycles. The highest BCUT2D eigenvalue weighted by Gasteiger charge is 2.14. The largest absolute Gasteiger partial charge is 0.345 e. The van der Waals surface area contributed by atoms with Gasteiger partial charge in [-0.3, -0.25) is 14.2 Å². The highest BCUT2D eigenvalue weighted by molar-refractivity contribution is 7.17. The Hall–Kier alpha value is -2.98. The van der Waals surface area contributed by atoms with Gasteiger partial charge in [0.2, 0.25) is 5.91 Å². The van der Waals surface area contributed by atoms with Gasteiger partial charge in [-0.25, -0.2) is 4.98 Å². The fourth-order valence-electron chi connectivity index (χ4n) is 2.82. The second-order valence-corrected chi connectivity index (χ2v) is 7.27. The number of amides is 1. The minimum atomic E-state index is -0.135. The lowest BCUT2D eigenvalue weighted by Gasteiger charge is -2.15. The molecule has 0 bridgehead atoms. The molecule has 0 spiro atoms. The predicted molar refractivity (Wildman–Crippen MR) is 107 cm³/mol. The van der Waals surface area contributed by atoms with Gasteiger partial charge in [0.15, 0.2) is 0 Å². The summed E-state index contributed by atoms with van der Waals surface area (Å²) in [5, 5.41) is 11.2. The van der Waals surface area contributed by atoms with Crippen molar-refractivity contribution in [1.29, 1.82) is 5.26 Å². The zero-order chi connectivity index (χ0) is 19.4. The van der Waals surface area contributed by atoms with E-state index in [0.717, 1.165) is 16.7 Å². The van der Waals surface area contributed by atoms with E-state index in [4.69, 9.17) is 5.26 Å². The molecule has 1 amide bonds. The van der Waals surface area contributed by atoms with Gasteiger partial charge in [-0.1, -0.05) is 29.8 Å². The summed E-state index contributed by atoms with van der Waals surface area (Å²) < 4.78 is 1.49. The first-order valence-electron chi connectivity index (χ1n) is 8.66. The summed E-state index contributed by atoms with van der Waals surface area (Å²) in [5.74, 6) is -0.0960. The van der Waals surface area contributed by atoms with Crippen molar-refractivity contribution in [3.8, 4) is 17.2 Å². The van der Waals surface area contributed by atoms with Gasteiger partial charge in [0.05, 0.1) is 24.2 Å². The van der Waals surface area contributed by atoms with Crippen LogP contribution in [0.1, 0.15) is 18.4 Å². The molecule has 0 N–H and O–H groups in total. The van der Waals surface area contributed by atoms with Crippen LogP contribution in [0.25, 0.3) is 21.3 Å². The van der Waals surface area contributed by atoms with E-state index in [0.29, 0.717) is 23.2 Å². The van der Waals surface area contributed by atoms with E-state index in [1.165, 1.54) is 27.1 Å². The number of carbonyl (C=O) groups is 1. The molecule has 2 heterocycles. The molecule has 0 aliphatic heterocycles. The normalized spacial score (nSPS) is 10.7. The van der Waals surface area contributed by atoms with Crippen molar-refractivity contribution in [3.63, 3.8) is 0 Å². The standard InChI is InChI=1S/C20H20N4O2S/c1-14-4-6-15(7-5-14)16-12-27-19-18(16)20(26)24(13-22-19)11-8-17(25)23(2)10-3-9-21/h4-7,12-13H,3,8,10-11H2,1-2H3. The van der Waals surface area contributed by atoms with Gasteiger partial charge < -0.3 is 4.90 Å². The van der Waals surface area contributed by atoms with E-state index in [2.05, 4.69) is 4.98 Å². The molecular formula is C20H20N4O2S. The van der Waals surface area contributed by atoms with E-state index >= 15 is 0 Å². The van der Waals surface area contributed by atoms with Crippen molar-refractivity contribution in [2.45, 2.75) is 26.3 Å². The van der Waals surface area contributed by atoms with Crippen molar-refractivity contribution in [1.82, 2.24) is 14.5 Å². The van der Waals surface area contributed by atoms with Crippen LogP contribution in [0.5, 0.6) is 0 Å². The zero-order valence-electron chi connectivity index (χ0n) is 15.3. The lowest BCUT2D eigenvalue weighted by atomic mass is 10.1. The summed E-state index contributed by atoms with van der Waals surface area (Å²) in [6, 6.07) is 10.1. The molecule has 6 nitrogen and oxygen atoms in total. The van der Waals surface area contributed by atoms with Crippen molar-refractivity contribution in [2.24, 2.45) is 0 Å². The number of benzene rings is 1. The molecule has 0 saturated carbocycles. The summed E-state index contributed by atoms with van der Waals surface area (Å²) in [6.45, 7) is 2.68. The summed E-state index contributed by atoms with van der Waals surface area (Å²) in [6.07, 6.45) is 1.99. The number of hydrogen-bond acceptors (Lipinski definition) is 5. The van der Waals surface area contributed by atoms with Gasteiger partial charge in [-0.05, 0) is 12.5 Å². The molecule has 7 heteroatoms. The van der Waals surface area contributed by atoms with Crippen LogP contribution >= 0.6 is 11.3 Å². The predicted octanol–water partition coefficient (Wildman–Crippen LogP) is 3.20. The van der Waals surface area contributed by atoms with Crippen LogP contribution in [0, 0.1) is 18.3 Å². The van der Waals surface area contributed by atoms with Gasteiger partial charge in [0.25, 0.3) is 5.56 Å².